The third kappa shape index (κ3) is 5.54. The molecule has 0 atom stereocenters. The van der Waals surface area contributed by atoms with Crippen molar-refractivity contribution in [2.24, 2.45) is 0 Å². The van der Waals surface area contributed by atoms with Gasteiger partial charge in [0.2, 0.25) is 5.91 Å². The highest BCUT2D eigenvalue weighted by Crippen LogP contribution is 2.14. The predicted octanol–water partition coefficient (Wildman–Crippen LogP) is 2.45. The van der Waals surface area contributed by atoms with Gasteiger partial charge >= 0.3 is 0 Å². The third-order valence-electron chi connectivity index (χ3n) is 3.99. The van der Waals surface area contributed by atoms with Crippen LogP contribution in [0.25, 0.3) is 0 Å². The molecular formula is C21H21N3O3. The Labute approximate surface area is 157 Å². The summed E-state index contributed by atoms with van der Waals surface area (Å²) in [4.78, 5) is 27.8. The van der Waals surface area contributed by atoms with Crippen LogP contribution in [0.3, 0.4) is 0 Å². The van der Waals surface area contributed by atoms with Gasteiger partial charge in [-0.25, -0.2) is 4.98 Å². The fourth-order valence-corrected chi connectivity index (χ4v) is 2.49. The van der Waals surface area contributed by atoms with Gasteiger partial charge in [-0.15, -0.1) is 0 Å². The first kappa shape index (κ1) is 18.4. The molecule has 3 rings (SSSR count). The lowest BCUT2D eigenvalue weighted by Crippen LogP contribution is -2.32. The molecule has 0 saturated heterocycles. The summed E-state index contributed by atoms with van der Waals surface area (Å²) < 4.78 is 7.02. The van der Waals surface area contributed by atoms with E-state index < -0.39 is 0 Å². The molecule has 0 aliphatic heterocycles. The average Bonchev–Trinajstić information content (AvgIpc) is 2.68. The van der Waals surface area contributed by atoms with Gasteiger partial charge in [0.25, 0.3) is 5.56 Å². The molecule has 0 aliphatic rings. The summed E-state index contributed by atoms with van der Waals surface area (Å²) in [6.07, 6.45) is 1.39. The molecule has 1 aromatic heterocycles. The Morgan fingerprint density at radius 3 is 2.52 bits per heavy atom. The molecule has 0 bridgehead atoms. The highest BCUT2D eigenvalue weighted by molar-refractivity contribution is 5.75. The van der Waals surface area contributed by atoms with Crippen molar-refractivity contribution in [3.05, 3.63) is 94.2 Å². The monoisotopic (exact) mass is 363 g/mol. The Morgan fingerprint density at radius 1 is 1.07 bits per heavy atom. The van der Waals surface area contributed by atoms with Gasteiger partial charge < -0.3 is 10.1 Å². The van der Waals surface area contributed by atoms with Crippen LogP contribution in [-0.2, 0) is 24.5 Å². The second kappa shape index (κ2) is 8.80. The number of benzene rings is 2. The molecular weight excluding hydrogens is 342 g/mol. The van der Waals surface area contributed by atoms with Crippen LogP contribution < -0.4 is 15.6 Å². The van der Waals surface area contributed by atoms with E-state index in [1.165, 1.54) is 17.0 Å². The number of hydrogen-bond donors (Lipinski definition) is 1. The second-order valence-corrected chi connectivity index (χ2v) is 6.19. The Morgan fingerprint density at radius 2 is 1.81 bits per heavy atom. The van der Waals surface area contributed by atoms with Crippen molar-refractivity contribution in [3.63, 3.8) is 0 Å². The van der Waals surface area contributed by atoms with Gasteiger partial charge in [0, 0.05) is 18.3 Å². The maximum absolute atomic E-state index is 12.0. The first-order valence-electron chi connectivity index (χ1n) is 8.65. The van der Waals surface area contributed by atoms with E-state index in [0.29, 0.717) is 18.8 Å². The fraction of sp³-hybridized carbons (Fsp3) is 0.190. The zero-order chi connectivity index (χ0) is 19.1. The number of rotatable bonds is 7. The van der Waals surface area contributed by atoms with E-state index in [1.807, 2.05) is 54.6 Å². The minimum absolute atomic E-state index is 0.0512. The van der Waals surface area contributed by atoms with Gasteiger partial charge in [-0.3, -0.25) is 14.2 Å². The fourth-order valence-electron chi connectivity index (χ4n) is 2.49. The van der Waals surface area contributed by atoms with Gasteiger partial charge in [-0.1, -0.05) is 42.5 Å². The van der Waals surface area contributed by atoms with Gasteiger partial charge in [0.05, 0.1) is 6.33 Å². The molecule has 138 valence electrons. The molecule has 1 amide bonds. The molecule has 6 nitrogen and oxygen atoms in total. The van der Waals surface area contributed by atoms with Crippen LogP contribution >= 0.6 is 0 Å². The smallest absolute Gasteiger partial charge is 0.253 e. The number of ether oxygens (including phenoxy) is 1. The number of carbonyl (C=O) groups is 1. The number of carbonyl (C=O) groups excluding carboxylic acids is 1. The van der Waals surface area contributed by atoms with Gasteiger partial charge in [0.15, 0.2) is 0 Å². The Hall–Kier alpha value is -3.41. The number of aryl methyl sites for hydroxylation is 1. The Balaban J connectivity index is 1.48. The minimum atomic E-state index is -0.243. The highest BCUT2D eigenvalue weighted by Gasteiger charge is 2.05. The van der Waals surface area contributed by atoms with Crippen LogP contribution in [0.5, 0.6) is 5.75 Å². The predicted molar refractivity (Wildman–Crippen MR) is 102 cm³/mol. The number of aromatic nitrogens is 2. The summed E-state index contributed by atoms with van der Waals surface area (Å²) in [7, 11) is 0. The number of amides is 1. The van der Waals surface area contributed by atoms with E-state index in [2.05, 4.69) is 10.3 Å². The van der Waals surface area contributed by atoms with Crippen LogP contribution in [0.15, 0.2) is 71.8 Å². The molecule has 0 aliphatic carbocycles. The minimum Gasteiger partial charge on any atom is -0.489 e. The SMILES string of the molecule is Cc1cc(=O)n(CC(=O)NCc2ccc(OCc3ccccc3)cc2)cn1. The van der Waals surface area contributed by atoms with E-state index in [9.17, 15) is 9.59 Å². The summed E-state index contributed by atoms with van der Waals surface area (Å²) in [5.41, 5.74) is 2.45. The summed E-state index contributed by atoms with van der Waals surface area (Å²) >= 11 is 0. The topological polar surface area (TPSA) is 73.2 Å². The lowest BCUT2D eigenvalue weighted by molar-refractivity contribution is -0.121. The molecule has 0 fully saturated rings. The number of nitrogens with one attached hydrogen (secondary N) is 1. The van der Waals surface area contributed by atoms with Crippen molar-refractivity contribution in [2.45, 2.75) is 26.6 Å². The lowest BCUT2D eigenvalue weighted by Gasteiger charge is -2.09. The number of nitrogens with zero attached hydrogens (tertiary/aromatic N) is 2. The molecule has 1 N–H and O–H groups in total. The molecule has 0 spiro atoms. The first-order valence-corrected chi connectivity index (χ1v) is 8.65. The molecule has 0 radical (unpaired) electrons. The van der Waals surface area contributed by atoms with Gasteiger partial charge in [0.1, 0.15) is 18.9 Å². The molecule has 0 unspecified atom stereocenters. The molecule has 2 aromatic carbocycles. The largest absolute Gasteiger partial charge is 0.489 e. The van der Waals surface area contributed by atoms with Crippen LogP contribution in [-0.4, -0.2) is 15.5 Å². The first-order chi connectivity index (χ1) is 13.1. The number of hydrogen-bond acceptors (Lipinski definition) is 4. The van der Waals surface area contributed by atoms with Crippen molar-refractivity contribution >= 4 is 5.91 Å². The second-order valence-electron chi connectivity index (χ2n) is 6.19. The average molecular weight is 363 g/mol. The van der Waals surface area contributed by atoms with Crippen molar-refractivity contribution < 1.29 is 9.53 Å². The van der Waals surface area contributed by atoms with Crippen molar-refractivity contribution in [1.29, 1.82) is 0 Å². The normalized spacial score (nSPS) is 10.4. The van der Waals surface area contributed by atoms with Gasteiger partial charge in [-0.2, -0.15) is 0 Å². The lowest BCUT2D eigenvalue weighted by atomic mass is 10.2. The molecule has 6 heteroatoms. The van der Waals surface area contributed by atoms with E-state index in [-0.39, 0.29) is 18.0 Å². The van der Waals surface area contributed by atoms with Crippen molar-refractivity contribution in [2.75, 3.05) is 0 Å². The maximum atomic E-state index is 12.0. The standard InChI is InChI=1S/C21H21N3O3/c1-16-11-21(26)24(15-23-16)13-20(25)22-12-17-7-9-19(10-8-17)27-14-18-5-3-2-4-6-18/h2-11,15H,12-14H2,1H3,(H,22,25). The summed E-state index contributed by atoms with van der Waals surface area (Å²) in [5, 5.41) is 2.80. The van der Waals surface area contributed by atoms with Crippen molar-refractivity contribution in [3.8, 4) is 5.75 Å². The maximum Gasteiger partial charge on any atom is 0.253 e. The Bertz CT molecular complexity index is 950. The zero-order valence-corrected chi connectivity index (χ0v) is 15.1. The molecule has 1 heterocycles. The van der Waals surface area contributed by atoms with Crippen molar-refractivity contribution in [1.82, 2.24) is 14.9 Å². The van der Waals surface area contributed by atoms with Crippen LogP contribution in [0.2, 0.25) is 0 Å². The van der Waals surface area contributed by atoms with Crippen LogP contribution in [0.4, 0.5) is 0 Å². The highest BCUT2D eigenvalue weighted by atomic mass is 16.5. The van der Waals surface area contributed by atoms with Crippen LogP contribution in [0.1, 0.15) is 16.8 Å². The summed E-state index contributed by atoms with van der Waals surface area (Å²) in [5.74, 6) is 0.526. The quantitative estimate of drug-likeness (QED) is 0.700. The molecule has 0 saturated carbocycles. The van der Waals surface area contributed by atoms with E-state index in [1.54, 1.807) is 6.92 Å². The Kier molecular flexibility index (Phi) is 5.99. The molecule has 27 heavy (non-hydrogen) atoms. The van der Waals surface area contributed by atoms with E-state index in [4.69, 9.17) is 4.74 Å². The zero-order valence-electron chi connectivity index (χ0n) is 15.1. The van der Waals surface area contributed by atoms with Gasteiger partial charge in [-0.05, 0) is 30.2 Å². The van der Waals surface area contributed by atoms with E-state index in [0.717, 1.165) is 16.9 Å². The molecule has 3 aromatic rings. The third-order valence-corrected chi connectivity index (χ3v) is 3.99. The van der Waals surface area contributed by atoms with Crippen LogP contribution in [0, 0.1) is 6.92 Å². The summed E-state index contributed by atoms with van der Waals surface area (Å²) in [6, 6.07) is 18.9. The van der Waals surface area contributed by atoms with E-state index >= 15 is 0 Å². The summed E-state index contributed by atoms with van der Waals surface area (Å²) in [6.45, 7) is 2.57.